The summed E-state index contributed by atoms with van der Waals surface area (Å²) in [6.45, 7) is 0.385. The molecule has 1 fully saturated rings. The second kappa shape index (κ2) is 4.89. The maximum Gasteiger partial charge on any atom is 0.165 e. The van der Waals surface area contributed by atoms with Crippen molar-refractivity contribution in [2.75, 3.05) is 13.2 Å². The first-order valence-electron chi connectivity index (χ1n) is 5.55. The molecule has 0 amide bonds. The summed E-state index contributed by atoms with van der Waals surface area (Å²) in [6, 6.07) is 2.16. The Morgan fingerprint density at radius 2 is 2.06 bits per heavy atom. The molecule has 0 bridgehead atoms. The largest absolute Gasteiger partial charge is 0.508 e. The number of aliphatic hydroxyl groups is 1. The van der Waals surface area contributed by atoms with Crippen LogP contribution in [0.4, 0.5) is 4.39 Å². The Balaban J connectivity index is 2.24. The van der Waals surface area contributed by atoms with Gasteiger partial charge in [0.25, 0.3) is 0 Å². The normalized spacial score (nSPS) is 24.8. The highest BCUT2D eigenvalue weighted by molar-refractivity contribution is 5.42. The van der Waals surface area contributed by atoms with Crippen LogP contribution in [0.15, 0.2) is 12.1 Å². The summed E-state index contributed by atoms with van der Waals surface area (Å²) in [7, 11) is 0. The molecule has 1 aliphatic heterocycles. The summed E-state index contributed by atoms with van der Waals surface area (Å²) in [5.41, 5.74) is 0.460. The van der Waals surface area contributed by atoms with Gasteiger partial charge in [0.2, 0.25) is 0 Å². The summed E-state index contributed by atoms with van der Waals surface area (Å²) in [5.74, 6) is -1.48. The number of aliphatic hydroxyl groups excluding tert-OH is 1. The van der Waals surface area contributed by atoms with E-state index < -0.39 is 11.6 Å². The number of benzene rings is 1. The van der Waals surface area contributed by atoms with E-state index in [0.29, 0.717) is 25.0 Å². The molecule has 0 aliphatic carbocycles. The van der Waals surface area contributed by atoms with Crippen LogP contribution in [0.5, 0.6) is 11.5 Å². The predicted octanol–water partition coefficient (Wildman–Crippen LogP) is 1.49. The maximum absolute atomic E-state index is 13.3. The van der Waals surface area contributed by atoms with Crippen molar-refractivity contribution in [2.45, 2.75) is 24.9 Å². The van der Waals surface area contributed by atoms with Crippen molar-refractivity contribution in [3.63, 3.8) is 0 Å². The van der Waals surface area contributed by atoms with Gasteiger partial charge in [0.15, 0.2) is 11.6 Å². The summed E-state index contributed by atoms with van der Waals surface area (Å²) in [4.78, 5) is 0. The van der Waals surface area contributed by atoms with Gasteiger partial charge in [-0.3, -0.25) is 0 Å². The van der Waals surface area contributed by atoms with Gasteiger partial charge in [-0.1, -0.05) is 0 Å². The quantitative estimate of drug-likeness (QED) is 0.735. The topological polar surface area (TPSA) is 69.9 Å². The summed E-state index contributed by atoms with van der Waals surface area (Å²) in [6.07, 6.45) is 0.924. The Bertz CT molecular complexity index is 408. The first-order chi connectivity index (χ1) is 8.11. The van der Waals surface area contributed by atoms with Crippen LogP contribution in [-0.4, -0.2) is 34.6 Å². The minimum Gasteiger partial charge on any atom is -0.508 e. The smallest absolute Gasteiger partial charge is 0.165 e. The molecule has 1 saturated heterocycles. The predicted molar refractivity (Wildman–Crippen MR) is 58.5 cm³/mol. The van der Waals surface area contributed by atoms with Crippen molar-refractivity contribution in [1.82, 2.24) is 0 Å². The number of phenolic OH excluding ortho intramolecular Hbond substituents is 2. The number of rotatable bonds is 2. The van der Waals surface area contributed by atoms with E-state index in [1.54, 1.807) is 0 Å². The Morgan fingerprint density at radius 3 is 2.76 bits per heavy atom. The third kappa shape index (κ3) is 2.50. The fourth-order valence-electron chi connectivity index (χ4n) is 2.18. The molecule has 0 saturated carbocycles. The second-order valence-corrected chi connectivity index (χ2v) is 4.26. The van der Waals surface area contributed by atoms with E-state index in [1.807, 2.05) is 0 Å². The van der Waals surface area contributed by atoms with Crippen LogP contribution in [-0.2, 0) is 4.74 Å². The van der Waals surface area contributed by atoms with Gasteiger partial charge in [0.1, 0.15) is 5.75 Å². The molecule has 17 heavy (non-hydrogen) atoms. The molecule has 5 heteroatoms. The first-order valence-corrected chi connectivity index (χ1v) is 5.55. The van der Waals surface area contributed by atoms with Crippen molar-refractivity contribution in [3.8, 4) is 11.5 Å². The van der Waals surface area contributed by atoms with Crippen LogP contribution in [0.2, 0.25) is 0 Å². The first kappa shape index (κ1) is 12.1. The van der Waals surface area contributed by atoms with Gasteiger partial charge >= 0.3 is 0 Å². The van der Waals surface area contributed by atoms with Crippen LogP contribution in [0.3, 0.4) is 0 Å². The summed E-state index contributed by atoms with van der Waals surface area (Å²) in [5, 5.41) is 27.8. The van der Waals surface area contributed by atoms with E-state index in [2.05, 4.69) is 0 Å². The molecule has 0 radical (unpaired) electrons. The summed E-state index contributed by atoms with van der Waals surface area (Å²) >= 11 is 0. The molecule has 1 aliphatic rings. The molecular weight excluding hydrogens is 227 g/mol. The standard InChI is InChI=1S/C12H15FO4/c13-10-4-9(11(15)5-12(10)16)7-1-2-17-8(3-7)6-14/h4-5,7-8,14-16H,1-3,6H2. The third-order valence-corrected chi connectivity index (χ3v) is 3.11. The highest BCUT2D eigenvalue weighted by atomic mass is 19.1. The van der Waals surface area contributed by atoms with Crippen molar-refractivity contribution >= 4 is 0 Å². The Kier molecular flexibility index (Phi) is 3.49. The number of halogens is 1. The van der Waals surface area contributed by atoms with Gasteiger partial charge in [0.05, 0.1) is 12.7 Å². The van der Waals surface area contributed by atoms with Crippen molar-refractivity contribution < 1.29 is 24.4 Å². The monoisotopic (exact) mass is 242 g/mol. The van der Waals surface area contributed by atoms with E-state index >= 15 is 0 Å². The van der Waals surface area contributed by atoms with Gasteiger partial charge in [-0.2, -0.15) is 0 Å². The zero-order valence-electron chi connectivity index (χ0n) is 9.27. The summed E-state index contributed by atoms with van der Waals surface area (Å²) < 4.78 is 18.5. The molecule has 0 aromatic heterocycles. The minimum absolute atomic E-state index is 0.0593. The lowest BCUT2D eigenvalue weighted by molar-refractivity contribution is -0.0252. The van der Waals surface area contributed by atoms with Gasteiger partial charge in [-0.15, -0.1) is 0 Å². The molecule has 1 heterocycles. The van der Waals surface area contributed by atoms with Crippen molar-refractivity contribution in [2.24, 2.45) is 0 Å². The number of phenols is 2. The number of hydrogen-bond donors (Lipinski definition) is 3. The van der Waals surface area contributed by atoms with Crippen LogP contribution in [0, 0.1) is 5.82 Å². The lowest BCUT2D eigenvalue weighted by Crippen LogP contribution is -2.27. The van der Waals surface area contributed by atoms with E-state index in [9.17, 15) is 9.50 Å². The third-order valence-electron chi connectivity index (χ3n) is 3.11. The fourth-order valence-corrected chi connectivity index (χ4v) is 2.18. The molecule has 4 nitrogen and oxygen atoms in total. The molecule has 0 spiro atoms. The molecule has 1 aromatic rings. The van der Waals surface area contributed by atoms with Gasteiger partial charge in [-0.25, -0.2) is 4.39 Å². The Morgan fingerprint density at radius 1 is 1.29 bits per heavy atom. The van der Waals surface area contributed by atoms with E-state index in [4.69, 9.17) is 14.9 Å². The van der Waals surface area contributed by atoms with E-state index in [1.165, 1.54) is 0 Å². The average Bonchev–Trinajstić information content (AvgIpc) is 2.34. The lowest BCUT2D eigenvalue weighted by Gasteiger charge is -2.29. The molecular formula is C12H15FO4. The maximum atomic E-state index is 13.3. The van der Waals surface area contributed by atoms with Crippen LogP contribution in [0.1, 0.15) is 24.3 Å². The molecule has 1 aromatic carbocycles. The van der Waals surface area contributed by atoms with Crippen LogP contribution >= 0.6 is 0 Å². The molecule has 3 N–H and O–H groups in total. The molecule has 2 rings (SSSR count). The highest BCUT2D eigenvalue weighted by Gasteiger charge is 2.26. The lowest BCUT2D eigenvalue weighted by atomic mass is 9.88. The van der Waals surface area contributed by atoms with Gasteiger partial charge < -0.3 is 20.1 Å². The zero-order valence-corrected chi connectivity index (χ0v) is 9.27. The Labute approximate surface area is 98.3 Å². The van der Waals surface area contributed by atoms with Gasteiger partial charge in [-0.05, 0) is 24.8 Å². The highest BCUT2D eigenvalue weighted by Crippen LogP contribution is 2.37. The SMILES string of the molecule is OCC1CC(c2cc(F)c(O)cc2O)CCO1. The zero-order chi connectivity index (χ0) is 12.4. The van der Waals surface area contributed by atoms with Gasteiger partial charge in [0, 0.05) is 18.2 Å². The van der Waals surface area contributed by atoms with Crippen molar-refractivity contribution in [3.05, 3.63) is 23.5 Å². The van der Waals surface area contributed by atoms with Crippen LogP contribution < -0.4 is 0 Å². The number of hydrogen-bond acceptors (Lipinski definition) is 4. The average molecular weight is 242 g/mol. The van der Waals surface area contributed by atoms with E-state index in [0.717, 1.165) is 12.1 Å². The van der Waals surface area contributed by atoms with Crippen molar-refractivity contribution in [1.29, 1.82) is 0 Å². The number of ether oxygens (including phenoxy) is 1. The van der Waals surface area contributed by atoms with Crippen LogP contribution in [0.25, 0.3) is 0 Å². The molecule has 94 valence electrons. The minimum atomic E-state index is -0.746. The molecule has 2 unspecified atom stereocenters. The Hall–Kier alpha value is -1.33. The van der Waals surface area contributed by atoms with E-state index in [-0.39, 0.29) is 24.4 Å². The fraction of sp³-hybridized carbons (Fsp3) is 0.500. The number of aromatic hydroxyl groups is 2. The molecule has 2 atom stereocenters. The second-order valence-electron chi connectivity index (χ2n) is 4.26.